The summed E-state index contributed by atoms with van der Waals surface area (Å²) in [7, 11) is 1.53. The van der Waals surface area contributed by atoms with Crippen molar-refractivity contribution in [1.29, 1.82) is 0 Å². The molecule has 5 nitrogen and oxygen atoms in total. The average Bonchev–Trinajstić information content (AvgIpc) is 2.68. The van der Waals surface area contributed by atoms with Crippen LogP contribution in [0.15, 0.2) is 58.1 Å². The Kier molecular flexibility index (Phi) is 4.55. The highest BCUT2D eigenvalue weighted by Crippen LogP contribution is 2.24. The van der Waals surface area contributed by atoms with E-state index in [0.717, 1.165) is 4.70 Å². The molecule has 0 N–H and O–H groups in total. The van der Waals surface area contributed by atoms with Crippen LogP contribution >= 0.6 is 11.3 Å². The Morgan fingerprint density at radius 3 is 2.59 bits per heavy atom. The first kappa shape index (κ1) is 17.5. The number of hydrogen-bond donors (Lipinski definition) is 0. The van der Waals surface area contributed by atoms with E-state index < -0.39 is 5.56 Å². The van der Waals surface area contributed by atoms with Gasteiger partial charge < -0.3 is 4.74 Å². The molecule has 0 bridgehead atoms. The number of aromatic nitrogens is 2. The second-order valence-electron chi connectivity index (χ2n) is 6.00. The minimum Gasteiger partial charge on any atom is -0.383 e. The van der Waals surface area contributed by atoms with Crippen molar-refractivity contribution < 1.29 is 9.13 Å². The highest BCUT2D eigenvalue weighted by atomic mass is 32.1. The Balaban J connectivity index is 2.10. The molecule has 2 aromatic carbocycles. The van der Waals surface area contributed by atoms with E-state index >= 15 is 0 Å². The summed E-state index contributed by atoms with van der Waals surface area (Å²) in [4.78, 5) is 31.0. The van der Waals surface area contributed by atoms with Crippen LogP contribution in [-0.4, -0.2) is 23.3 Å². The topological polar surface area (TPSA) is 61.2 Å². The first-order valence-electron chi connectivity index (χ1n) is 8.31. The van der Waals surface area contributed by atoms with Gasteiger partial charge in [-0.2, -0.15) is 0 Å². The SMILES string of the molecule is COCCn1c(-c2ccc(F)cc2)nc2sc3ccccc3c(=O)c2c1=O. The Morgan fingerprint density at radius 1 is 1.11 bits per heavy atom. The summed E-state index contributed by atoms with van der Waals surface area (Å²) in [6, 6.07) is 12.9. The molecule has 0 unspecified atom stereocenters. The van der Waals surface area contributed by atoms with Crippen molar-refractivity contribution in [3.63, 3.8) is 0 Å². The summed E-state index contributed by atoms with van der Waals surface area (Å²) in [5.41, 5.74) is -0.142. The number of fused-ring (bicyclic) bond motifs is 2. The largest absolute Gasteiger partial charge is 0.383 e. The van der Waals surface area contributed by atoms with Gasteiger partial charge in [-0.3, -0.25) is 14.2 Å². The van der Waals surface area contributed by atoms with Gasteiger partial charge in [0.15, 0.2) is 0 Å². The molecule has 2 heterocycles. The highest BCUT2D eigenvalue weighted by molar-refractivity contribution is 7.24. The third-order valence-corrected chi connectivity index (χ3v) is 5.39. The number of ether oxygens (including phenoxy) is 1. The number of halogens is 1. The zero-order valence-corrected chi connectivity index (χ0v) is 15.3. The fourth-order valence-corrected chi connectivity index (χ4v) is 4.03. The van der Waals surface area contributed by atoms with Crippen molar-refractivity contribution in [2.45, 2.75) is 6.54 Å². The van der Waals surface area contributed by atoms with Gasteiger partial charge in [0.1, 0.15) is 21.9 Å². The molecule has 0 aliphatic rings. The smallest absolute Gasteiger partial charge is 0.266 e. The Hall–Kier alpha value is -2.90. The van der Waals surface area contributed by atoms with Gasteiger partial charge in [-0.25, -0.2) is 9.37 Å². The standard InChI is InChI=1S/C20H15FN2O3S/c1-26-11-10-23-18(12-6-8-13(21)9-7-12)22-19-16(20(23)25)17(24)14-4-2-3-5-15(14)27-19/h2-9H,10-11H2,1H3. The molecule has 0 saturated carbocycles. The maximum absolute atomic E-state index is 13.3. The van der Waals surface area contributed by atoms with Crippen molar-refractivity contribution >= 4 is 31.6 Å². The third-order valence-electron chi connectivity index (χ3n) is 4.32. The lowest BCUT2D eigenvalue weighted by Gasteiger charge is -2.13. The summed E-state index contributed by atoms with van der Waals surface area (Å²) < 4.78 is 20.6. The lowest BCUT2D eigenvalue weighted by Crippen LogP contribution is -2.28. The molecule has 0 radical (unpaired) electrons. The number of nitrogens with zero attached hydrogens (tertiary/aromatic N) is 2. The molecule has 4 rings (SSSR count). The van der Waals surface area contributed by atoms with Gasteiger partial charge in [0.25, 0.3) is 5.56 Å². The van der Waals surface area contributed by atoms with Crippen molar-refractivity contribution in [3.05, 3.63) is 74.9 Å². The number of hydrogen-bond acceptors (Lipinski definition) is 5. The molecule has 136 valence electrons. The molecular weight excluding hydrogens is 367 g/mol. The lowest BCUT2D eigenvalue weighted by molar-refractivity contribution is 0.186. The Labute approximate surface area is 157 Å². The predicted octanol–water partition coefficient (Wildman–Crippen LogP) is 3.42. The lowest BCUT2D eigenvalue weighted by atomic mass is 10.2. The van der Waals surface area contributed by atoms with Gasteiger partial charge in [-0.1, -0.05) is 12.1 Å². The van der Waals surface area contributed by atoms with E-state index in [0.29, 0.717) is 21.6 Å². The minimum atomic E-state index is -0.414. The normalized spacial score (nSPS) is 11.3. The van der Waals surface area contributed by atoms with Crippen molar-refractivity contribution in [2.24, 2.45) is 0 Å². The fraction of sp³-hybridized carbons (Fsp3) is 0.150. The van der Waals surface area contributed by atoms with Crippen molar-refractivity contribution in [2.75, 3.05) is 13.7 Å². The van der Waals surface area contributed by atoms with Crippen LogP contribution in [0.5, 0.6) is 0 Å². The average molecular weight is 382 g/mol. The van der Waals surface area contributed by atoms with E-state index in [9.17, 15) is 14.0 Å². The van der Waals surface area contributed by atoms with Crippen LogP contribution in [0.4, 0.5) is 4.39 Å². The molecule has 4 aromatic rings. The van der Waals surface area contributed by atoms with E-state index in [2.05, 4.69) is 4.98 Å². The molecular formula is C20H15FN2O3S. The van der Waals surface area contributed by atoms with Crippen molar-refractivity contribution in [3.8, 4) is 11.4 Å². The second-order valence-corrected chi connectivity index (χ2v) is 7.03. The monoisotopic (exact) mass is 382 g/mol. The van der Waals surface area contributed by atoms with Crippen molar-refractivity contribution in [1.82, 2.24) is 9.55 Å². The van der Waals surface area contributed by atoms with Crippen LogP contribution in [0.25, 0.3) is 31.7 Å². The first-order chi connectivity index (χ1) is 13.1. The summed E-state index contributed by atoms with van der Waals surface area (Å²) in [6.07, 6.45) is 0. The highest BCUT2D eigenvalue weighted by Gasteiger charge is 2.17. The van der Waals surface area contributed by atoms with E-state index in [4.69, 9.17) is 4.74 Å². The van der Waals surface area contributed by atoms with Gasteiger partial charge in [-0.05, 0) is 36.4 Å². The third kappa shape index (κ3) is 3.05. The molecule has 27 heavy (non-hydrogen) atoms. The molecule has 0 atom stereocenters. The Morgan fingerprint density at radius 2 is 1.85 bits per heavy atom. The van der Waals surface area contributed by atoms with E-state index in [1.54, 1.807) is 24.3 Å². The summed E-state index contributed by atoms with van der Waals surface area (Å²) in [5.74, 6) is 0.0106. The van der Waals surface area contributed by atoms with E-state index in [1.807, 2.05) is 12.1 Å². The summed E-state index contributed by atoms with van der Waals surface area (Å²) >= 11 is 1.29. The maximum atomic E-state index is 13.3. The molecule has 7 heteroatoms. The zero-order chi connectivity index (χ0) is 19.0. The van der Waals surface area contributed by atoms with Crippen LogP contribution in [0, 0.1) is 5.82 Å². The second kappa shape index (κ2) is 7.02. The molecule has 0 aliphatic heterocycles. The Bertz CT molecular complexity index is 1260. The molecule has 0 saturated heterocycles. The predicted molar refractivity (Wildman–Crippen MR) is 105 cm³/mol. The first-order valence-corrected chi connectivity index (χ1v) is 9.13. The van der Waals surface area contributed by atoms with Gasteiger partial charge in [0, 0.05) is 22.8 Å². The van der Waals surface area contributed by atoms with E-state index in [-0.39, 0.29) is 29.8 Å². The molecule has 0 aliphatic carbocycles. The number of benzene rings is 2. The van der Waals surface area contributed by atoms with E-state index in [1.165, 1.54) is 35.1 Å². The van der Waals surface area contributed by atoms with Gasteiger partial charge in [0.05, 0.1) is 13.2 Å². The van der Waals surface area contributed by atoms with Crippen LogP contribution in [0.3, 0.4) is 0 Å². The van der Waals surface area contributed by atoms with Crippen LogP contribution < -0.4 is 11.0 Å². The summed E-state index contributed by atoms with van der Waals surface area (Å²) in [6.45, 7) is 0.522. The molecule has 2 aromatic heterocycles. The quantitative estimate of drug-likeness (QED) is 0.508. The maximum Gasteiger partial charge on any atom is 0.266 e. The molecule has 0 spiro atoms. The number of methoxy groups -OCH3 is 1. The van der Waals surface area contributed by atoms with Crippen LogP contribution in [0.2, 0.25) is 0 Å². The van der Waals surface area contributed by atoms with Crippen LogP contribution in [0.1, 0.15) is 0 Å². The summed E-state index contributed by atoms with van der Waals surface area (Å²) in [5, 5.41) is 0.572. The minimum absolute atomic E-state index is 0.0701. The number of rotatable bonds is 4. The molecule has 0 amide bonds. The van der Waals surface area contributed by atoms with Gasteiger partial charge in [-0.15, -0.1) is 11.3 Å². The van der Waals surface area contributed by atoms with Gasteiger partial charge >= 0.3 is 0 Å². The van der Waals surface area contributed by atoms with Gasteiger partial charge in [0.2, 0.25) is 5.43 Å². The zero-order valence-electron chi connectivity index (χ0n) is 14.4. The van der Waals surface area contributed by atoms with Crippen LogP contribution in [-0.2, 0) is 11.3 Å². The molecule has 0 fully saturated rings. The fourth-order valence-electron chi connectivity index (χ4n) is 2.99.